The minimum absolute atomic E-state index is 0.165. The van der Waals surface area contributed by atoms with E-state index in [1.807, 2.05) is 0 Å². The van der Waals surface area contributed by atoms with Gasteiger partial charge in [-0.15, -0.1) is 0 Å². The molecule has 1 atom stereocenters. The van der Waals surface area contributed by atoms with Crippen LogP contribution in [-0.4, -0.2) is 17.8 Å². The van der Waals surface area contributed by atoms with Gasteiger partial charge in [-0.3, -0.25) is 0 Å². The molecule has 100 valence electrons. The van der Waals surface area contributed by atoms with Crippen molar-refractivity contribution < 1.29 is 18.3 Å². The molecule has 0 spiro atoms. The van der Waals surface area contributed by atoms with Crippen LogP contribution in [0.2, 0.25) is 0 Å². The van der Waals surface area contributed by atoms with Crippen molar-refractivity contribution in [1.29, 1.82) is 0 Å². The number of alkyl halides is 3. The first-order valence-corrected chi connectivity index (χ1v) is 5.98. The lowest BCUT2D eigenvalue weighted by Gasteiger charge is -2.31. The average molecular weight is 259 g/mol. The summed E-state index contributed by atoms with van der Waals surface area (Å²) in [5, 5.41) is 9.77. The number of nitrogens with two attached hydrogens (primary N) is 1. The zero-order valence-corrected chi connectivity index (χ0v) is 9.87. The van der Waals surface area contributed by atoms with Gasteiger partial charge in [0.2, 0.25) is 0 Å². The number of hydrogen-bond donors (Lipinski definition) is 2. The molecule has 0 radical (unpaired) electrons. The third-order valence-corrected chi connectivity index (χ3v) is 3.71. The van der Waals surface area contributed by atoms with Crippen LogP contribution < -0.4 is 5.73 Å². The van der Waals surface area contributed by atoms with Crippen LogP contribution in [0.1, 0.15) is 36.3 Å². The Bertz CT molecular complexity index is 428. The Morgan fingerprint density at radius 1 is 1.28 bits per heavy atom. The molecule has 1 aliphatic rings. The number of benzene rings is 1. The van der Waals surface area contributed by atoms with Gasteiger partial charge in [0.1, 0.15) is 0 Å². The minimum Gasteiger partial charge on any atom is -0.375 e. The summed E-state index contributed by atoms with van der Waals surface area (Å²) in [6.07, 6.45) is -1.66. The Morgan fingerprint density at radius 2 is 1.94 bits per heavy atom. The molecule has 0 aliphatic heterocycles. The quantitative estimate of drug-likeness (QED) is 0.876. The Morgan fingerprint density at radius 3 is 2.39 bits per heavy atom. The molecule has 1 unspecified atom stereocenters. The number of halogens is 3. The van der Waals surface area contributed by atoms with Crippen LogP contribution in [0.15, 0.2) is 24.3 Å². The Labute approximate surface area is 104 Å². The minimum atomic E-state index is -4.76. The van der Waals surface area contributed by atoms with Crippen LogP contribution in [0.3, 0.4) is 0 Å². The molecule has 0 aromatic heterocycles. The van der Waals surface area contributed by atoms with E-state index >= 15 is 0 Å². The van der Waals surface area contributed by atoms with E-state index in [4.69, 9.17) is 5.73 Å². The summed E-state index contributed by atoms with van der Waals surface area (Å²) in [4.78, 5) is 0. The van der Waals surface area contributed by atoms with Crippen molar-refractivity contribution in [1.82, 2.24) is 0 Å². The summed E-state index contributed by atoms with van der Waals surface area (Å²) in [7, 11) is 0. The van der Waals surface area contributed by atoms with Crippen molar-refractivity contribution in [2.75, 3.05) is 6.54 Å². The van der Waals surface area contributed by atoms with Gasteiger partial charge in [0.05, 0.1) is 0 Å². The first-order valence-electron chi connectivity index (χ1n) is 5.98. The largest absolute Gasteiger partial charge is 0.422 e. The van der Waals surface area contributed by atoms with Crippen molar-refractivity contribution >= 4 is 0 Å². The van der Waals surface area contributed by atoms with Crippen molar-refractivity contribution in [3.05, 3.63) is 35.4 Å². The highest BCUT2D eigenvalue weighted by Crippen LogP contribution is 2.41. The van der Waals surface area contributed by atoms with Crippen LogP contribution in [0.5, 0.6) is 0 Å². The van der Waals surface area contributed by atoms with Crippen LogP contribution in [0.4, 0.5) is 13.2 Å². The highest BCUT2D eigenvalue weighted by atomic mass is 19.4. The van der Waals surface area contributed by atoms with Gasteiger partial charge in [-0.1, -0.05) is 30.7 Å². The molecule has 1 saturated carbocycles. The van der Waals surface area contributed by atoms with Gasteiger partial charge in [-0.2, -0.15) is 13.2 Å². The molecular formula is C13H16F3NO. The van der Waals surface area contributed by atoms with Crippen LogP contribution in [0, 0.1) is 0 Å². The summed E-state index contributed by atoms with van der Waals surface area (Å²) >= 11 is 0. The summed E-state index contributed by atoms with van der Waals surface area (Å²) in [6.45, 7) is -0.870. The van der Waals surface area contributed by atoms with Crippen LogP contribution in [-0.2, 0) is 5.60 Å². The normalized spacial score (nSPS) is 20.3. The average Bonchev–Trinajstić information content (AvgIpc) is 2.24. The first kappa shape index (κ1) is 13.4. The molecule has 0 amide bonds. The second kappa shape index (κ2) is 4.55. The summed E-state index contributed by atoms with van der Waals surface area (Å²) < 4.78 is 38.7. The molecule has 2 rings (SSSR count). The molecule has 1 aromatic carbocycles. The predicted molar refractivity (Wildman–Crippen MR) is 62.0 cm³/mol. The van der Waals surface area contributed by atoms with Gasteiger partial charge in [-0.05, 0) is 29.9 Å². The molecule has 0 heterocycles. The van der Waals surface area contributed by atoms with Gasteiger partial charge in [0.25, 0.3) is 0 Å². The maximum Gasteiger partial charge on any atom is 0.422 e. The van der Waals surface area contributed by atoms with Crippen LogP contribution >= 0.6 is 0 Å². The zero-order chi connectivity index (χ0) is 13.4. The maximum absolute atomic E-state index is 12.9. The molecular weight excluding hydrogens is 243 g/mol. The van der Waals surface area contributed by atoms with E-state index < -0.39 is 18.3 Å². The topological polar surface area (TPSA) is 46.2 Å². The highest BCUT2D eigenvalue weighted by Gasteiger charge is 2.54. The highest BCUT2D eigenvalue weighted by molar-refractivity contribution is 5.32. The molecule has 1 aromatic rings. The number of aliphatic hydroxyl groups is 1. The fraction of sp³-hybridized carbons (Fsp3) is 0.538. The molecule has 2 nitrogen and oxygen atoms in total. The fourth-order valence-corrected chi connectivity index (χ4v) is 2.19. The van der Waals surface area contributed by atoms with Crippen molar-refractivity contribution in [3.63, 3.8) is 0 Å². The lowest BCUT2D eigenvalue weighted by molar-refractivity contribution is -0.262. The third-order valence-electron chi connectivity index (χ3n) is 3.71. The van der Waals surface area contributed by atoms with Gasteiger partial charge in [-0.25, -0.2) is 0 Å². The molecule has 0 saturated heterocycles. The molecule has 18 heavy (non-hydrogen) atoms. The van der Waals surface area contributed by atoms with Gasteiger partial charge in [0.15, 0.2) is 5.60 Å². The van der Waals surface area contributed by atoms with E-state index in [0.29, 0.717) is 5.92 Å². The summed E-state index contributed by atoms with van der Waals surface area (Å²) in [5.74, 6) is 0.320. The van der Waals surface area contributed by atoms with Gasteiger partial charge in [0, 0.05) is 6.54 Å². The lowest BCUT2D eigenvalue weighted by Crippen LogP contribution is -2.48. The SMILES string of the molecule is NCC(O)(c1cccc(C2CCC2)c1)C(F)(F)F. The Hall–Kier alpha value is -1.07. The van der Waals surface area contributed by atoms with E-state index in [9.17, 15) is 18.3 Å². The molecule has 5 heteroatoms. The van der Waals surface area contributed by atoms with Gasteiger partial charge >= 0.3 is 6.18 Å². The molecule has 0 bridgehead atoms. The Kier molecular flexibility index (Phi) is 3.38. The summed E-state index contributed by atoms with van der Waals surface area (Å²) in [6, 6.07) is 6.07. The second-order valence-electron chi connectivity index (χ2n) is 4.82. The van der Waals surface area contributed by atoms with Crippen LogP contribution in [0.25, 0.3) is 0 Å². The van der Waals surface area contributed by atoms with E-state index in [2.05, 4.69) is 0 Å². The number of rotatable bonds is 3. The number of hydrogen-bond acceptors (Lipinski definition) is 2. The molecule has 1 aliphatic carbocycles. The van der Waals surface area contributed by atoms with E-state index in [1.165, 1.54) is 12.1 Å². The predicted octanol–water partition coefficient (Wildman–Crippen LogP) is 2.66. The maximum atomic E-state index is 12.9. The van der Waals surface area contributed by atoms with Gasteiger partial charge < -0.3 is 10.8 Å². The monoisotopic (exact) mass is 259 g/mol. The third kappa shape index (κ3) is 2.12. The van der Waals surface area contributed by atoms with Crippen molar-refractivity contribution in [2.45, 2.75) is 37.0 Å². The zero-order valence-electron chi connectivity index (χ0n) is 9.87. The first-order chi connectivity index (χ1) is 8.38. The van der Waals surface area contributed by atoms with Crippen molar-refractivity contribution in [3.8, 4) is 0 Å². The van der Waals surface area contributed by atoms with Crippen molar-refractivity contribution in [2.24, 2.45) is 5.73 Å². The molecule has 3 N–H and O–H groups in total. The lowest BCUT2D eigenvalue weighted by atomic mass is 9.78. The smallest absolute Gasteiger partial charge is 0.375 e. The fourth-order valence-electron chi connectivity index (χ4n) is 2.19. The Balaban J connectivity index is 2.36. The van der Waals surface area contributed by atoms with E-state index in [-0.39, 0.29) is 5.56 Å². The standard InChI is InChI=1S/C13H16F3NO/c14-13(15,16)12(18,8-17)11-6-2-5-10(7-11)9-3-1-4-9/h2,5-7,9,18H,1,3-4,8,17H2. The van der Waals surface area contributed by atoms with E-state index in [0.717, 1.165) is 24.8 Å². The van der Waals surface area contributed by atoms with E-state index in [1.54, 1.807) is 12.1 Å². The molecule has 1 fully saturated rings. The summed E-state index contributed by atoms with van der Waals surface area (Å²) in [5.41, 5.74) is 2.87. The second-order valence-corrected chi connectivity index (χ2v) is 4.82.